The van der Waals surface area contributed by atoms with Crippen LogP contribution < -0.4 is 0 Å². The van der Waals surface area contributed by atoms with Gasteiger partial charge in [0.2, 0.25) is 0 Å². The topological polar surface area (TPSA) is 65.4 Å². The first-order valence-corrected chi connectivity index (χ1v) is 4.52. The normalized spacial score (nSPS) is 18.6. The van der Waals surface area contributed by atoms with E-state index in [1.54, 1.807) is 0 Å². The van der Waals surface area contributed by atoms with Crippen molar-refractivity contribution >= 4 is 0 Å². The predicted octanol–water partition coefficient (Wildman–Crippen LogP) is 1.48. The summed E-state index contributed by atoms with van der Waals surface area (Å²) in [5, 5.41) is 19.8. The fourth-order valence-corrected chi connectivity index (χ4v) is 1.52. The zero-order valence-corrected chi connectivity index (χ0v) is 7.83. The van der Waals surface area contributed by atoms with Gasteiger partial charge in [0.25, 0.3) is 0 Å². The van der Waals surface area contributed by atoms with Crippen LogP contribution in [0.5, 0.6) is 0 Å². The first-order chi connectivity index (χ1) is 6.19. The molecule has 1 aliphatic carbocycles. The third-order valence-electron chi connectivity index (χ3n) is 2.54. The molecule has 1 aromatic rings. The predicted molar refractivity (Wildman–Crippen MR) is 47.0 cm³/mol. The monoisotopic (exact) mass is 176 g/mol. The molecule has 1 heterocycles. The zero-order chi connectivity index (χ0) is 9.47. The Morgan fingerprint density at radius 3 is 2.62 bits per heavy atom. The van der Waals surface area contributed by atoms with Crippen LogP contribution in [-0.4, -0.2) is 15.4 Å². The van der Waals surface area contributed by atoms with E-state index in [0.717, 1.165) is 24.2 Å². The molecule has 1 aromatic heterocycles. The van der Waals surface area contributed by atoms with Crippen LogP contribution in [0.15, 0.2) is 0 Å². The van der Waals surface area contributed by atoms with Crippen LogP contribution in [0, 0.1) is 11.3 Å². The molecular weight excluding hydrogens is 164 g/mol. The molecule has 4 heteroatoms. The van der Waals surface area contributed by atoms with E-state index in [9.17, 15) is 0 Å². The quantitative estimate of drug-likeness (QED) is 0.742. The van der Waals surface area contributed by atoms with E-state index in [1.807, 2.05) is 0 Å². The number of nitrogens with zero attached hydrogens (tertiary/aromatic N) is 3. The molecule has 2 rings (SSSR count). The van der Waals surface area contributed by atoms with E-state index in [-0.39, 0.29) is 5.41 Å². The van der Waals surface area contributed by atoms with Crippen molar-refractivity contribution in [2.24, 2.45) is 0 Å². The lowest BCUT2D eigenvalue weighted by Crippen LogP contribution is -2.08. The summed E-state index contributed by atoms with van der Waals surface area (Å²) in [4.78, 5) is 0. The second-order valence-corrected chi connectivity index (χ2v) is 3.91. The lowest BCUT2D eigenvalue weighted by atomic mass is 9.97. The standard InChI is InChI=1S/C9H12N4/c1-6(2)7-8(12-13-11-7)9(5-10)3-4-9/h6H,3-4H2,1-2H3,(H,11,12,13). The van der Waals surface area contributed by atoms with Gasteiger partial charge < -0.3 is 0 Å². The number of hydrogen-bond acceptors (Lipinski definition) is 3. The molecule has 0 aromatic carbocycles. The van der Waals surface area contributed by atoms with Gasteiger partial charge in [-0.1, -0.05) is 13.8 Å². The third kappa shape index (κ3) is 1.12. The summed E-state index contributed by atoms with van der Waals surface area (Å²) in [6, 6.07) is 2.33. The van der Waals surface area contributed by atoms with E-state index in [1.165, 1.54) is 0 Å². The summed E-state index contributed by atoms with van der Waals surface area (Å²) in [6.07, 6.45) is 1.85. The SMILES string of the molecule is CC(C)c1n[nH]nc1C1(C#N)CC1. The highest BCUT2D eigenvalue weighted by molar-refractivity contribution is 5.37. The number of aromatic nitrogens is 3. The molecule has 68 valence electrons. The largest absolute Gasteiger partial charge is 0.197 e. The number of hydrogen-bond donors (Lipinski definition) is 1. The molecule has 1 N–H and O–H groups in total. The first kappa shape index (κ1) is 8.24. The Kier molecular flexibility index (Phi) is 1.62. The van der Waals surface area contributed by atoms with Crippen molar-refractivity contribution in [3.05, 3.63) is 11.4 Å². The highest BCUT2D eigenvalue weighted by Gasteiger charge is 2.49. The fraction of sp³-hybridized carbons (Fsp3) is 0.667. The van der Waals surface area contributed by atoms with Gasteiger partial charge in [-0.2, -0.15) is 20.7 Å². The molecule has 13 heavy (non-hydrogen) atoms. The average Bonchev–Trinajstić information content (AvgIpc) is 2.74. The van der Waals surface area contributed by atoms with Gasteiger partial charge in [0.15, 0.2) is 0 Å². The van der Waals surface area contributed by atoms with Gasteiger partial charge in [-0.15, -0.1) is 0 Å². The maximum absolute atomic E-state index is 9.00. The lowest BCUT2D eigenvalue weighted by molar-refractivity contribution is 0.769. The Balaban J connectivity index is 2.42. The lowest BCUT2D eigenvalue weighted by Gasteiger charge is -2.05. The Morgan fingerprint density at radius 2 is 2.15 bits per heavy atom. The molecule has 0 amide bonds. The highest BCUT2D eigenvalue weighted by atomic mass is 15.3. The summed E-state index contributed by atoms with van der Waals surface area (Å²) in [6.45, 7) is 4.13. The van der Waals surface area contributed by atoms with Crippen LogP contribution in [0.2, 0.25) is 0 Å². The third-order valence-corrected chi connectivity index (χ3v) is 2.54. The molecule has 0 spiro atoms. The minimum Gasteiger partial charge on any atom is -0.197 e. The Labute approximate surface area is 77.0 Å². The molecule has 0 unspecified atom stereocenters. The number of H-pyrrole nitrogens is 1. The maximum Gasteiger partial charge on any atom is 0.106 e. The second kappa shape index (κ2) is 2.56. The highest BCUT2D eigenvalue weighted by Crippen LogP contribution is 2.48. The van der Waals surface area contributed by atoms with Crippen molar-refractivity contribution in [1.82, 2.24) is 15.4 Å². The summed E-state index contributed by atoms with van der Waals surface area (Å²) in [5.74, 6) is 0.333. The Hall–Kier alpha value is -1.37. The molecule has 0 saturated heterocycles. The molecule has 1 fully saturated rings. The molecule has 0 radical (unpaired) electrons. The Morgan fingerprint density at radius 1 is 1.46 bits per heavy atom. The first-order valence-electron chi connectivity index (χ1n) is 4.52. The maximum atomic E-state index is 9.00. The van der Waals surface area contributed by atoms with Gasteiger partial charge in [-0.05, 0) is 18.8 Å². The van der Waals surface area contributed by atoms with Crippen molar-refractivity contribution in [2.75, 3.05) is 0 Å². The molecule has 1 saturated carbocycles. The number of rotatable bonds is 2. The van der Waals surface area contributed by atoms with Gasteiger partial charge in [-0.3, -0.25) is 0 Å². The van der Waals surface area contributed by atoms with Crippen molar-refractivity contribution in [3.8, 4) is 6.07 Å². The zero-order valence-electron chi connectivity index (χ0n) is 7.83. The molecule has 0 aliphatic heterocycles. The second-order valence-electron chi connectivity index (χ2n) is 3.91. The Bertz CT molecular complexity index is 354. The van der Waals surface area contributed by atoms with E-state index >= 15 is 0 Å². The van der Waals surface area contributed by atoms with Crippen LogP contribution in [0.25, 0.3) is 0 Å². The van der Waals surface area contributed by atoms with Crippen molar-refractivity contribution in [1.29, 1.82) is 5.26 Å². The molecular formula is C9H12N4. The van der Waals surface area contributed by atoms with Gasteiger partial charge in [0.1, 0.15) is 11.1 Å². The minimum atomic E-state index is -0.313. The van der Waals surface area contributed by atoms with Crippen LogP contribution >= 0.6 is 0 Å². The van der Waals surface area contributed by atoms with E-state index < -0.39 is 0 Å². The number of nitriles is 1. The molecule has 0 bridgehead atoms. The van der Waals surface area contributed by atoms with Gasteiger partial charge in [-0.25, -0.2) is 0 Å². The van der Waals surface area contributed by atoms with Gasteiger partial charge >= 0.3 is 0 Å². The van der Waals surface area contributed by atoms with Gasteiger partial charge in [0.05, 0.1) is 11.8 Å². The van der Waals surface area contributed by atoms with Crippen LogP contribution in [-0.2, 0) is 5.41 Å². The van der Waals surface area contributed by atoms with Crippen LogP contribution in [0.1, 0.15) is 44.0 Å². The summed E-state index contributed by atoms with van der Waals surface area (Å²) >= 11 is 0. The van der Waals surface area contributed by atoms with E-state index in [2.05, 4.69) is 35.3 Å². The fourth-order valence-electron chi connectivity index (χ4n) is 1.52. The van der Waals surface area contributed by atoms with E-state index in [0.29, 0.717) is 5.92 Å². The van der Waals surface area contributed by atoms with Crippen molar-refractivity contribution in [3.63, 3.8) is 0 Å². The van der Waals surface area contributed by atoms with Crippen molar-refractivity contribution in [2.45, 2.75) is 38.0 Å². The molecule has 0 atom stereocenters. The van der Waals surface area contributed by atoms with Crippen LogP contribution in [0.3, 0.4) is 0 Å². The number of aromatic amines is 1. The molecule has 4 nitrogen and oxygen atoms in total. The summed E-state index contributed by atoms with van der Waals surface area (Å²) in [7, 11) is 0. The summed E-state index contributed by atoms with van der Waals surface area (Å²) < 4.78 is 0. The molecule has 1 aliphatic rings. The van der Waals surface area contributed by atoms with E-state index in [4.69, 9.17) is 5.26 Å². The van der Waals surface area contributed by atoms with Crippen molar-refractivity contribution < 1.29 is 0 Å². The van der Waals surface area contributed by atoms with Crippen LogP contribution in [0.4, 0.5) is 0 Å². The number of nitrogens with one attached hydrogen (secondary N) is 1. The smallest absolute Gasteiger partial charge is 0.106 e. The van der Waals surface area contributed by atoms with Gasteiger partial charge in [0, 0.05) is 0 Å². The summed E-state index contributed by atoms with van der Waals surface area (Å²) in [5.41, 5.74) is 1.50. The minimum absolute atomic E-state index is 0.313. The average molecular weight is 176 g/mol.